The van der Waals surface area contributed by atoms with Crippen LogP contribution in [0.4, 0.5) is 18.9 Å². The molecule has 4 rings (SSSR count). The monoisotopic (exact) mass is 473 g/mol. The number of halogens is 3. The van der Waals surface area contributed by atoms with E-state index in [0.29, 0.717) is 30.6 Å². The van der Waals surface area contributed by atoms with Gasteiger partial charge in [-0.15, -0.1) is 0 Å². The summed E-state index contributed by atoms with van der Waals surface area (Å²) >= 11 is 0. The topological polar surface area (TPSA) is 73.0 Å². The lowest BCUT2D eigenvalue weighted by Crippen LogP contribution is -2.37. The number of anilines is 1. The molecule has 0 fully saturated rings. The van der Waals surface area contributed by atoms with E-state index in [9.17, 15) is 22.8 Å². The Balaban J connectivity index is 1.54. The number of carbonyl (C=O) groups is 2. The van der Waals surface area contributed by atoms with E-state index in [1.807, 2.05) is 18.2 Å². The van der Waals surface area contributed by atoms with E-state index in [2.05, 4.69) is 10.2 Å². The van der Waals surface area contributed by atoms with Gasteiger partial charge in [0, 0.05) is 42.8 Å². The Morgan fingerprint density at radius 1 is 1.12 bits per heavy atom. The van der Waals surface area contributed by atoms with Crippen molar-refractivity contribution in [3.8, 4) is 0 Å². The lowest BCUT2D eigenvalue weighted by Gasteiger charge is -2.24. The van der Waals surface area contributed by atoms with E-state index < -0.39 is 17.8 Å². The average Bonchev–Trinajstić information content (AvgIpc) is 3.46. The highest BCUT2D eigenvalue weighted by atomic mass is 19.4. The zero-order valence-electron chi connectivity index (χ0n) is 18.8. The number of rotatable bonds is 8. The summed E-state index contributed by atoms with van der Waals surface area (Å²) in [5.74, 6) is -1.35. The molecule has 1 unspecified atom stereocenters. The molecular formula is C24H26F3N5O2. The van der Waals surface area contributed by atoms with E-state index >= 15 is 0 Å². The normalized spacial score (nSPS) is 14.5. The highest BCUT2D eigenvalue weighted by molar-refractivity contribution is 5.97. The molecule has 2 heterocycles. The first-order valence-corrected chi connectivity index (χ1v) is 11.2. The number of alkyl halides is 3. The second-order valence-corrected chi connectivity index (χ2v) is 8.54. The maximum Gasteiger partial charge on any atom is 0.435 e. The fourth-order valence-corrected chi connectivity index (χ4v) is 4.45. The number of aromatic nitrogens is 4. The van der Waals surface area contributed by atoms with Crippen LogP contribution in [0.15, 0.2) is 48.8 Å². The third kappa shape index (κ3) is 5.21. The zero-order chi connectivity index (χ0) is 24.3. The number of Topliss-reactive ketones (excluding diaryl/α,β-unsaturated/α-hetero) is 1. The maximum absolute atomic E-state index is 13.5. The molecule has 1 aliphatic carbocycles. The fourth-order valence-electron chi connectivity index (χ4n) is 4.45. The van der Waals surface area contributed by atoms with Gasteiger partial charge in [0.15, 0.2) is 11.5 Å². The molecule has 10 heteroatoms. The van der Waals surface area contributed by atoms with Crippen LogP contribution >= 0.6 is 0 Å². The van der Waals surface area contributed by atoms with Crippen molar-refractivity contribution in [2.45, 2.75) is 51.4 Å². The minimum absolute atomic E-state index is 0.133. The number of hydrogen-bond acceptors (Lipinski definition) is 4. The molecule has 0 saturated carbocycles. The van der Waals surface area contributed by atoms with Crippen LogP contribution in [-0.4, -0.2) is 38.3 Å². The molecule has 0 bridgehead atoms. The van der Waals surface area contributed by atoms with Crippen molar-refractivity contribution < 1.29 is 22.8 Å². The zero-order valence-corrected chi connectivity index (χ0v) is 18.8. The van der Waals surface area contributed by atoms with E-state index in [1.165, 1.54) is 9.58 Å². The van der Waals surface area contributed by atoms with Crippen molar-refractivity contribution in [1.82, 2.24) is 19.6 Å². The van der Waals surface area contributed by atoms with Crippen LogP contribution in [0.25, 0.3) is 0 Å². The van der Waals surface area contributed by atoms with Gasteiger partial charge in [-0.05, 0) is 43.9 Å². The molecule has 1 amide bonds. The highest BCUT2D eigenvalue weighted by Crippen LogP contribution is 2.35. The maximum atomic E-state index is 13.5. The Kier molecular flexibility index (Phi) is 6.85. The molecule has 2 aromatic heterocycles. The molecule has 7 nitrogen and oxygen atoms in total. The van der Waals surface area contributed by atoms with Crippen LogP contribution in [0.2, 0.25) is 0 Å². The number of hydrogen-bond donors (Lipinski definition) is 0. The summed E-state index contributed by atoms with van der Waals surface area (Å²) in [6, 6.07) is 10.8. The first-order chi connectivity index (χ1) is 16.2. The van der Waals surface area contributed by atoms with Crippen LogP contribution in [0.3, 0.4) is 0 Å². The molecule has 180 valence electrons. The van der Waals surface area contributed by atoms with Gasteiger partial charge in [0.05, 0.1) is 19.0 Å². The summed E-state index contributed by atoms with van der Waals surface area (Å²) in [7, 11) is 1.64. The molecule has 34 heavy (non-hydrogen) atoms. The van der Waals surface area contributed by atoms with E-state index in [1.54, 1.807) is 42.3 Å². The number of nitrogens with zero attached hydrogens (tertiary/aromatic N) is 5. The molecular weight excluding hydrogens is 447 g/mol. The number of fused-ring (bicyclic) bond motifs is 1. The molecule has 0 radical (unpaired) electrons. The molecule has 1 aromatic carbocycles. The quantitative estimate of drug-likeness (QED) is 0.497. The van der Waals surface area contributed by atoms with Crippen molar-refractivity contribution in [3.63, 3.8) is 0 Å². The van der Waals surface area contributed by atoms with E-state index in [0.717, 1.165) is 6.42 Å². The smallest absolute Gasteiger partial charge is 0.315 e. The standard InChI is InChI=1S/C24H26F3N5O2/c1-30(18-8-3-2-4-9-18)23(34)17(15-31-13-7-12-28-31)14-19(33)16-32-21-11-6-5-10-20(21)22(29-32)24(25,26)27/h2-4,7-9,12-13,17H,5-6,10-11,14-16H2,1H3. The van der Waals surface area contributed by atoms with E-state index in [-0.39, 0.29) is 36.8 Å². The molecule has 0 aliphatic heterocycles. The Morgan fingerprint density at radius 2 is 1.85 bits per heavy atom. The second-order valence-electron chi connectivity index (χ2n) is 8.54. The van der Waals surface area contributed by atoms with Crippen LogP contribution in [0.1, 0.15) is 36.2 Å². The van der Waals surface area contributed by atoms with Crippen molar-refractivity contribution in [1.29, 1.82) is 0 Å². The van der Waals surface area contributed by atoms with Crippen molar-refractivity contribution in [2.24, 2.45) is 5.92 Å². The van der Waals surface area contributed by atoms with Gasteiger partial charge in [0.25, 0.3) is 0 Å². The minimum Gasteiger partial charge on any atom is -0.315 e. The average molecular weight is 473 g/mol. The van der Waals surface area contributed by atoms with Crippen LogP contribution < -0.4 is 4.90 Å². The number of carbonyl (C=O) groups excluding carboxylic acids is 2. The third-order valence-corrected chi connectivity index (χ3v) is 6.12. The van der Waals surface area contributed by atoms with Crippen molar-refractivity contribution >= 4 is 17.4 Å². The largest absolute Gasteiger partial charge is 0.435 e. The van der Waals surface area contributed by atoms with Crippen molar-refractivity contribution in [3.05, 3.63) is 65.7 Å². The van der Waals surface area contributed by atoms with Gasteiger partial charge in [-0.1, -0.05) is 18.2 Å². The Labute approximate surface area is 195 Å². The Bertz CT molecular complexity index is 1140. The van der Waals surface area contributed by atoms with Crippen molar-refractivity contribution in [2.75, 3.05) is 11.9 Å². The summed E-state index contributed by atoms with van der Waals surface area (Å²) in [6.07, 6.45) is 0.775. The molecule has 0 spiro atoms. The molecule has 0 N–H and O–H groups in total. The lowest BCUT2D eigenvalue weighted by molar-refractivity contribution is -0.142. The molecule has 1 aliphatic rings. The van der Waals surface area contributed by atoms with Gasteiger partial charge in [0.1, 0.15) is 0 Å². The number of amides is 1. The predicted octanol–water partition coefficient (Wildman–Crippen LogP) is 3.92. The summed E-state index contributed by atoms with van der Waals surface area (Å²) in [4.78, 5) is 27.8. The second kappa shape index (κ2) is 9.82. The number of para-hydroxylation sites is 1. The van der Waals surface area contributed by atoms with E-state index in [4.69, 9.17) is 0 Å². The van der Waals surface area contributed by atoms with Gasteiger partial charge in [-0.3, -0.25) is 19.0 Å². The summed E-state index contributed by atoms with van der Waals surface area (Å²) in [6.45, 7) is -0.115. The third-order valence-electron chi connectivity index (χ3n) is 6.12. The Morgan fingerprint density at radius 3 is 2.53 bits per heavy atom. The summed E-state index contributed by atoms with van der Waals surface area (Å²) < 4.78 is 43.2. The number of benzene rings is 1. The highest BCUT2D eigenvalue weighted by Gasteiger charge is 2.39. The number of ketones is 1. The van der Waals surface area contributed by atoms with Gasteiger partial charge in [0.2, 0.25) is 5.91 Å². The summed E-state index contributed by atoms with van der Waals surface area (Å²) in [5, 5.41) is 7.91. The predicted molar refractivity (Wildman–Crippen MR) is 119 cm³/mol. The minimum atomic E-state index is -4.56. The van der Waals surface area contributed by atoms with Gasteiger partial charge < -0.3 is 4.90 Å². The first-order valence-electron chi connectivity index (χ1n) is 11.2. The van der Waals surface area contributed by atoms with Crippen LogP contribution in [0, 0.1) is 5.92 Å². The van der Waals surface area contributed by atoms with Gasteiger partial charge >= 0.3 is 6.18 Å². The van der Waals surface area contributed by atoms with Crippen LogP contribution in [-0.2, 0) is 41.7 Å². The van der Waals surface area contributed by atoms with Crippen LogP contribution in [0.5, 0.6) is 0 Å². The van der Waals surface area contributed by atoms with Gasteiger partial charge in [-0.2, -0.15) is 23.4 Å². The molecule has 0 saturated heterocycles. The summed E-state index contributed by atoms with van der Waals surface area (Å²) in [5.41, 5.74) is 0.451. The lowest BCUT2D eigenvalue weighted by atomic mass is 9.95. The molecule has 3 aromatic rings. The van der Waals surface area contributed by atoms with Gasteiger partial charge in [-0.25, -0.2) is 0 Å². The first kappa shape index (κ1) is 23.7. The Hall–Kier alpha value is -3.43. The fraction of sp³-hybridized carbons (Fsp3) is 0.417. The molecule has 1 atom stereocenters. The SMILES string of the molecule is CN(C(=O)C(CC(=O)Cn1nc(C(F)(F)F)c2c1CCCC2)Cn1cccn1)c1ccccc1.